The average Bonchev–Trinajstić information content (AvgIpc) is 3.19. The Labute approximate surface area is 180 Å². The summed E-state index contributed by atoms with van der Waals surface area (Å²) in [5.41, 5.74) is 0.949. The van der Waals surface area contributed by atoms with Crippen molar-refractivity contribution in [2.45, 2.75) is 51.0 Å². The van der Waals surface area contributed by atoms with Gasteiger partial charge in [0.15, 0.2) is 0 Å². The molecule has 3 atom stereocenters. The number of ether oxygens (including phenoxy) is 1. The maximum atomic E-state index is 13.2. The molecule has 7 nitrogen and oxygen atoms in total. The zero-order chi connectivity index (χ0) is 22.3. The van der Waals surface area contributed by atoms with Crippen LogP contribution in [0.15, 0.2) is 23.1 Å². The summed E-state index contributed by atoms with van der Waals surface area (Å²) < 4.78 is 32.4. The first-order chi connectivity index (χ1) is 14.0. The van der Waals surface area contributed by atoms with E-state index >= 15 is 0 Å². The number of hydrogen-bond acceptors (Lipinski definition) is 5. The Bertz CT molecular complexity index is 910. The van der Waals surface area contributed by atoms with Gasteiger partial charge in [-0.2, -0.15) is 4.31 Å². The van der Waals surface area contributed by atoms with Crippen molar-refractivity contribution in [3.8, 4) is 0 Å². The maximum absolute atomic E-state index is 13.2. The van der Waals surface area contributed by atoms with E-state index in [1.54, 1.807) is 19.2 Å². The maximum Gasteiger partial charge on any atom is 0.251 e. The highest BCUT2D eigenvalue weighted by Gasteiger charge is 2.59. The Morgan fingerprint density at radius 3 is 2.57 bits per heavy atom. The van der Waals surface area contributed by atoms with Crippen LogP contribution < -0.4 is 10.6 Å². The van der Waals surface area contributed by atoms with Gasteiger partial charge < -0.3 is 15.4 Å². The number of methoxy groups -OCH3 is 1. The fourth-order valence-electron chi connectivity index (χ4n) is 5.47. The average molecular weight is 438 g/mol. The standard InChI is InChI=1S/C22H35N3O4S/c1-21(2)16-9-10-22(3,14-16)20(21)24-19(26)15-7-8-17(23-4)18(13-15)30(27,28)25(5)11-12-29-6/h7-8,13,16,20,23H,9-12,14H2,1-6H3,(H,24,26). The van der Waals surface area contributed by atoms with Crippen LogP contribution in [0, 0.1) is 16.7 Å². The van der Waals surface area contributed by atoms with Gasteiger partial charge >= 0.3 is 0 Å². The zero-order valence-corrected chi connectivity index (χ0v) is 19.7. The molecule has 2 N–H and O–H groups in total. The molecule has 3 unspecified atom stereocenters. The van der Waals surface area contributed by atoms with Gasteiger partial charge in [-0.25, -0.2) is 8.42 Å². The minimum atomic E-state index is -3.77. The van der Waals surface area contributed by atoms with Gasteiger partial charge in [-0.1, -0.05) is 20.8 Å². The fourth-order valence-corrected chi connectivity index (χ4v) is 6.84. The van der Waals surface area contributed by atoms with Gasteiger partial charge in [0.05, 0.1) is 12.3 Å². The summed E-state index contributed by atoms with van der Waals surface area (Å²) in [6.07, 6.45) is 3.46. The number of sulfonamides is 1. The molecule has 1 aromatic carbocycles. The first-order valence-electron chi connectivity index (χ1n) is 10.6. The monoisotopic (exact) mass is 437 g/mol. The second-order valence-electron chi connectivity index (χ2n) is 9.60. The van der Waals surface area contributed by atoms with Gasteiger partial charge in [0, 0.05) is 39.4 Å². The molecule has 30 heavy (non-hydrogen) atoms. The number of carbonyl (C=O) groups is 1. The van der Waals surface area contributed by atoms with E-state index in [0.29, 0.717) is 23.8 Å². The number of carbonyl (C=O) groups excluding carboxylic acids is 1. The third kappa shape index (κ3) is 3.85. The van der Waals surface area contributed by atoms with Gasteiger partial charge in [0.1, 0.15) is 4.90 Å². The van der Waals surface area contributed by atoms with E-state index in [0.717, 1.165) is 12.8 Å². The normalized spacial score (nSPS) is 27.4. The molecule has 168 valence electrons. The van der Waals surface area contributed by atoms with Crippen LogP contribution in [0.2, 0.25) is 0 Å². The van der Waals surface area contributed by atoms with Crippen molar-refractivity contribution in [2.24, 2.45) is 16.7 Å². The van der Waals surface area contributed by atoms with Crippen LogP contribution in [0.4, 0.5) is 5.69 Å². The van der Waals surface area contributed by atoms with Crippen LogP contribution in [0.3, 0.4) is 0 Å². The lowest BCUT2D eigenvalue weighted by Gasteiger charge is -2.43. The van der Waals surface area contributed by atoms with E-state index in [1.807, 2.05) is 0 Å². The Kier molecular flexibility index (Phi) is 6.24. The van der Waals surface area contributed by atoms with Crippen molar-refractivity contribution in [3.63, 3.8) is 0 Å². The Balaban J connectivity index is 1.89. The minimum absolute atomic E-state index is 0.0306. The fraction of sp³-hybridized carbons (Fsp3) is 0.682. The van der Waals surface area contributed by atoms with Crippen molar-refractivity contribution < 1.29 is 17.9 Å². The number of nitrogens with zero attached hydrogens (tertiary/aromatic N) is 1. The molecule has 0 spiro atoms. The Hall–Kier alpha value is -1.64. The number of amides is 1. The number of rotatable bonds is 8. The summed E-state index contributed by atoms with van der Waals surface area (Å²) in [5.74, 6) is 0.394. The predicted octanol–water partition coefficient (Wildman–Crippen LogP) is 2.94. The van der Waals surface area contributed by atoms with Crippen molar-refractivity contribution in [1.82, 2.24) is 9.62 Å². The molecule has 0 radical (unpaired) electrons. The van der Waals surface area contributed by atoms with Crippen LogP contribution in [0.5, 0.6) is 0 Å². The van der Waals surface area contributed by atoms with Gasteiger partial charge in [0.25, 0.3) is 5.91 Å². The number of anilines is 1. The number of nitrogens with one attached hydrogen (secondary N) is 2. The third-order valence-electron chi connectivity index (χ3n) is 7.36. The highest BCUT2D eigenvalue weighted by molar-refractivity contribution is 7.89. The number of likely N-dealkylation sites (N-methyl/N-ethyl adjacent to an activating group) is 1. The second kappa shape index (κ2) is 8.13. The summed E-state index contributed by atoms with van der Waals surface area (Å²) in [5, 5.41) is 6.17. The van der Waals surface area contributed by atoms with E-state index < -0.39 is 10.0 Å². The first kappa shape index (κ1) is 23.0. The van der Waals surface area contributed by atoms with Crippen LogP contribution in [-0.2, 0) is 14.8 Å². The smallest absolute Gasteiger partial charge is 0.251 e. The molecule has 0 saturated heterocycles. The minimum Gasteiger partial charge on any atom is -0.387 e. The highest BCUT2D eigenvalue weighted by atomic mass is 32.2. The lowest BCUT2D eigenvalue weighted by atomic mass is 9.68. The molecule has 8 heteroatoms. The van der Waals surface area contributed by atoms with E-state index in [2.05, 4.69) is 31.4 Å². The molecule has 1 amide bonds. The quantitative estimate of drug-likeness (QED) is 0.653. The number of fused-ring (bicyclic) bond motifs is 2. The van der Waals surface area contributed by atoms with Crippen LogP contribution in [0.1, 0.15) is 50.4 Å². The topological polar surface area (TPSA) is 87.7 Å². The van der Waals surface area contributed by atoms with E-state index in [1.165, 1.54) is 30.9 Å². The van der Waals surface area contributed by atoms with E-state index in [4.69, 9.17) is 4.74 Å². The molecule has 2 fully saturated rings. The van der Waals surface area contributed by atoms with Crippen molar-refractivity contribution in [2.75, 3.05) is 39.7 Å². The SMILES string of the molecule is CNc1ccc(C(=O)NC2C3(C)CCC(C3)C2(C)C)cc1S(=O)(=O)N(C)CCOC. The van der Waals surface area contributed by atoms with E-state index in [-0.39, 0.29) is 34.2 Å². The molecule has 2 saturated carbocycles. The molecule has 3 rings (SSSR count). The molecule has 0 aliphatic heterocycles. The Morgan fingerprint density at radius 2 is 2.00 bits per heavy atom. The highest BCUT2D eigenvalue weighted by Crippen LogP contribution is 2.62. The summed E-state index contributed by atoms with van der Waals surface area (Å²) in [6, 6.07) is 4.88. The molecular weight excluding hydrogens is 402 g/mol. The van der Waals surface area contributed by atoms with Gasteiger partial charge in [-0.3, -0.25) is 4.79 Å². The lowest BCUT2D eigenvalue weighted by molar-refractivity contribution is 0.0737. The van der Waals surface area contributed by atoms with Gasteiger partial charge in [0.2, 0.25) is 10.0 Å². The number of hydrogen-bond donors (Lipinski definition) is 2. The van der Waals surface area contributed by atoms with Gasteiger partial charge in [-0.05, 0) is 54.2 Å². The van der Waals surface area contributed by atoms with Crippen molar-refractivity contribution in [3.05, 3.63) is 23.8 Å². The number of benzene rings is 1. The van der Waals surface area contributed by atoms with Crippen LogP contribution >= 0.6 is 0 Å². The summed E-state index contributed by atoms with van der Waals surface area (Å²) in [6.45, 7) is 7.25. The molecular formula is C22H35N3O4S. The summed E-state index contributed by atoms with van der Waals surface area (Å²) >= 11 is 0. The van der Waals surface area contributed by atoms with Crippen LogP contribution in [0.25, 0.3) is 0 Å². The zero-order valence-electron chi connectivity index (χ0n) is 18.9. The lowest BCUT2D eigenvalue weighted by Crippen LogP contribution is -2.52. The largest absolute Gasteiger partial charge is 0.387 e. The second-order valence-corrected chi connectivity index (χ2v) is 11.6. The van der Waals surface area contributed by atoms with Crippen molar-refractivity contribution >= 4 is 21.6 Å². The first-order valence-corrected chi connectivity index (χ1v) is 12.0. The summed E-state index contributed by atoms with van der Waals surface area (Å²) in [4.78, 5) is 13.3. The molecule has 2 bridgehead atoms. The summed E-state index contributed by atoms with van der Waals surface area (Å²) in [7, 11) is 0.942. The molecule has 0 heterocycles. The Morgan fingerprint density at radius 1 is 1.30 bits per heavy atom. The third-order valence-corrected chi connectivity index (χ3v) is 9.25. The van der Waals surface area contributed by atoms with E-state index in [9.17, 15) is 13.2 Å². The van der Waals surface area contributed by atoms with Crippen LogP contribution in [-0.4, -0.2) is 59.0 Å². The molecule has 2 aliphatic rings. The predicted molar refractivity (Wildman–Crippen MR) is 118 cm³/mol. The van der Waals surface area contributed by atoms with Gasteiger partial charge in [-0.15, -0.1) is 0 Å². The molecule has 1 aromatic rings. The molecule has 0 aromatic heterocycles. The van der Waals surface area contributed by atoms with Crippen molar-refractivity contribution in [1.29, 1.82) is 0 Å². The molecule has 2 aliphatic carbocycles.